The number of aliphatic hydroxyl groups excluding tert-OH is 1. The Hall–Kier alpha value is -1.59. The van der Waals surface area contributed by atoms with Gasteiger partial charge >= 0.3 is 5.97 Å². The maximum Gasteiger partial charge on any atom is 0.328 e. The molecular formula is C11H12ClNO4. The van der Waals surface area contributed by atoms with Crippen LogP contribution in [0.1, 0.15) is 15.9 Å². The number of amides is 1. The van der Waals surface area contributed by atoms with E-state index in [1.807, 2.05) is 6.92 Å². The number of aliphatic hydroxyl groups is 1. The molecule has 6 heteroatoms. The maximum atomic E-state index is 11.7. The van der Waals surface area contributed by atoms with Gasteiger partial charge in [-0.3, -0.25) is 4.79 Å². The molecule has 0 aliphatic carbocycles. The molecule has 17 heavy (non-hydrogen) atoms. The molecule has 1 aromatic carbocycles. The molecular weight excluding hydrogens is 246 g/mol. The zero-order chi connectivity index (χ0) is 13.0. The monoisotopic (exact) mass is 257 g/mol. The van der Waals surface area contributed by atoms with E-state index >= 15 is 0 Å². The Balaban J connectivity index is 2.86. The van der Waals surface area contributed by atoms with E-state index in [-0.39, 0.29) is 10.6 Å². The van der Waals surface area contributed by atoms with Gasteiger partial charge in [-0.1, -0.05) is 17.7 Å². The van der Waals surface area contributed by atoms with Gasteiger partial charge < -0.3 is 15.5 Å². The van der Waals surface area contributed by atoms with Crippen molar-refractivity contribution < 1.29 is 19.8 Å². The first kappa shape index (κ1) is 13.5. The van der Waals surface area contributed by atoms with Crippen LogP contribution in [-0.4, -0.2) is 34.7 Å². The maximum absolute atomic E-state index is 11.7. The number of aryl methyl sites for hydroxylation is 1. The quantitative estimate of drug-likeness (QED) is 0.745. The Morgan fingerprint density at radius 1 is 1.47 bits per heavy atom. The molecule has 0 spiro atoms. The van der Waals surface area contributed by atoms with E-state index in [1.54, 1.807) is 12.1 Å². The van der Waals surface area contributed by atoms with Crippen LogP contribution in [0, 0.1) is 6.92 Å². The molecule has 3 N–H and O–H groups in total. The first-order valence-corrected chi connectivity index (χ1v) is 5.24. The molecule has 1 unspecified atom stereocenters. The first-order valence-electron chi connectivity index (χ1n) is 4.86. The van der Waals surface area contributed by atoms with Crippen LogP contribution in [-0.2, 0) is 4.79 Å². The molecule has 0 fully saturated rings. The SMILES string of the molecule is Cc1ccc(C(=O)NC(CO)C(=O)O)c(Cl)c1. The highest BCUT2D eigenvalue weighted by molar-refractivity contribution is 6.33. The third kappa shape index (κ3) is 3.44. The summed E-state index contributed by atoms with van der Waals surface area (Å²) in [4.78, 5) is 22.3. The second-order valence-corrected chi connectivity index (χ2v) is 3.94. The summed E-state index contributed by atoms with van der Waals surface area (Å²) in [6.07, 6.45) is 0. The molecule has 1 amide bonds. The van der Waals surface area contributed by atoms with E-state index in [4.69, 9.17) is 21.8 Å². The average Bonchev–Trinajstić information content (AvgIpc) is 2.24. The fraction of sp³-hybridized carbons (Fsp3) is 0.273. The lowest BCUT2D eigenvalue weighted by atomic mass is 10.1. The minimum atomic E-state index is -1.33. The van der Waals surface area contributed by atoms with E-state index < -0.39 is 24.5 Å². The Morgan fingerprint density at radius 3 is 2.59 bits per heavy atom. The fourth-order valence-corrected chi connectivity index (χ4v) is 1.55. The standard InChI is InChI=1S/C11H12ClNO4/c1-6-2-3-7(8(12)4-6)10(15)13-9(5-14)11(16)17/h2-4,9,14H,5H2,1H3,(H,13,15)(H,16,17). The highest BCUT2D eigenvalue weighted by Gasteiger charge is 2.20. The van der Waals surface area contributed by atoms with Crippen LogP contribution in [0.25, 0.3) is 0 Å². The topological polar surface area (TPSA) is 86.6 Å². The summed E-state index contributed by atoms with van der Waals surface area (Å²) in [6, 6.07) is 3.46. The summed E-state index contributed by atoms with van der Waals surface area (Å²) in [5.74, 6) is -1.93. The van der Waals surface area contributed by atoms with Gasteiger partial charge in [0, 0.05) is 0 Å². The van der Waals surface area contributed by atoms with Crippen LogP contribution in [0.4, 0.5) is 0 Å². The number of benzene rings is 1. The molecule has 1 rings (SSSR count). The average molecular weight is 258 g/mol. The van der Waals surface area contributed by atoms with Gasteiger partial charge in [-0.25, -0.2) is 4.79 Å². The second-order valence-electron chi connectivity index (χ2n) is 3.53. The van der Waals surface area contributed by atoms with Crippen molar-refractivity contribution in [2.24, 2.45) is 0 Å². The van der Waals surface area contributed by atoms with Crippen molar-refractivity contribution in [1.29, 1.82) is 0 Å². The molecule has 0 aromatic heterocycles. The molecule has 0 aliphatic heterocycles. The Bertz CT molecular complexity index is 447. The third-order valence-corrected chi connectivity index (χ3v) is 2.47. The number of halogens is 1. The lowest BCUT2D eigenvalue weighted by Crippen LogP contribution is -2.43. The van der Waals surface area contributed by atoms with Crippen LogP contribution in [0.2, 0.25) is 5.02 Å². The molecule has 0 aliphatic rings. The summed E-state index contributed by atoms with van der Waals surface area (Å²) in [5, 5.41) is 19.9. The molecule has 5 nitrogen and oxygen atoms in total. The molecule has 0 heterocycles. The number of hydrogen-bond acceptors (Lipinski definition) is 3. The normalized spacial score (nSPS) is 11.9. The van der Waals surface area contributed by atoms with Crippen LogP contribution >= 0.6 is 11.6 Å². The van der Waals surface area contributed by atoms with Crippen molar-refractivity contribution in [3.05, 3.63) is 34.3 Å². The molecule has 92 valence electrons. The van der Waals surface area contributed by atoms with Crippen molar-refractivity contribution in [3.8, 4) is 0 Å². The summed E-state index contributed by atoms with van der Waals surface area (Å²) in [7, 11) is 0. The Morgan fingerprint density at radius 2 is 2.12 bits per heavy atom. The third-order valence-electron chi connectivity index (χ3n) is 2.16. The van der Waals surface area contributed by atoms with E-state index in [2.05, 4.69) is 5.32 Å². The summed E-state index contributed by atoms with van der Waals surface area (Å²) in [6.45, 7) is 1.14. The zero-order valence-corrected chi connectivity index (χ0v) is 9.86. The van der Waals surface area contributed by atoms with Gasteiger partial charge in [0.25, 0.3) is 5.91 Å². The lowest BCUT2D eigenvalue weighted by Gasteiger charge is -2.12. The summed E-state index contributed by atoms with van der Waals surface area (Å²) in [5.41, 5.74) is 1.07. The molecule has 1 atom stereocenters. The van der Waals surface area contributed by atoms with Gasteiger partial charge in [0.2, 0.25) is 0 Å². The van der Waals surface area contributed by atoms with Crippen molar-refractivity contribution in [2.75, 3.05) is 6.61 Å². The number of nitrogens with one attached hydrogen (secondary N) is 1. The molecule has 0 saturated carbocycles. The highest BCUT2D eigenvalue weighted by Crippen LogP contribution is 2.17. The van der Waals surface area contributed by atoms with Crippen LogP contribution in [0.3, 0.4) is 0 Å². The van der Waals surface area contributed by atoms with Gasteiger partial charge in [0.1, 0.15) is 0 Å². The first-order chi connectivity index (χ1) is 7.95. The van der Waals surface area contributed by atoms with E-state index in [0.29, 0.717) is 0 Å². The Labute approximate surface area is 103 Å². The number of rotatable bonds is 4. The van der Waals surface area contributed by atoms with Gasteiger partial charge in [0.15, 0.2) is 6.04 Å². The molecule has 0 radical (unpaired) electrons. The zero-order valence-electron chi connectivity index (χ0n) is 9.11. The van der Waals surface area contributed by atoms with Crippen molar-refractivity contribution >= 4 is 23.5 Å². The van der Waals surface area contributed by atoms with Crippen LogP contribution < -0.4 is 5.32 Å². The minimum Gasteiger partial charge on any atom is -0.480 e. The molecule has 0 saturated heterocycles. The molecule has 1 aromatic rings. The predicted molar refractivity (Wildman–Crippen MR) is 62.2 cm³/mol. The van der Waals surface area contributed by atoms with Gasteiger partial charge in [0.05, 0.1) is 17.2 Å². The summed E-state index contributed by atoms with van der Waals surface area (Å²) >= 11 is 5.86. The van der Waals surface area contributed by atoms with E-state index in [0.717, 1.165) is 5.56 Å². The highest BCUT2D eigenvalue weighted by atomic mass is 35.5. The second kappa shape index (κ2) is 5.65. The fourth-order valence-electron chi connectivity index (χ4n) is 1.23. The number of carboxylic acid groups (broad SMARTS) is 1. The van der Waals surface area contributed by atoms with Crippen LogP contribution in [0.15, 0.2) is 18.2 Å². The number of aliphatic carboxylic acids is 1. The lowest BCUT2D eigenvalue weighted by molar-refractivity contribution is -0.140. The molecule has 0 bridgehead atoms. The largest absolute Gasteiger partial charge is 0.480 e. The number of carboxylic acids is 1. The van der Waals surface area contributed by atoms with E-state index in [1.165, 1.54) is 6.07 Å². The van der Waals surface area contributed by atoms with Crippen molar-refractivity contribution in [3.63, 3.8) is 0 Å². The predicted octanol–water partition coefficient (Wildman–Crippen LogP) is 0.824. The number of hydrogen-bond donors (Lipinski definition) is 3. The van der Waals surface area contributed by atoms with Gasteiger partial charge in [-0.2, -0.15) is 0 Å². The van der Waals surface area contributed by atoms with Gasteiger partial charge in [-0.15, -0.1) is 0 Å². The smallest absolute Gasteiger partial charge is 0.328 e. The number of carbonyl (C=O) groups is 2. The summed E-state index contributed by atoms with van der Waals surface area (Å²) < 4.78 is 0. The minimum absolute atomic E-state index is 0.178. The van der Waals surface area contributed by atoms with Crippen molar-refractivity contribution in [1.82, 2.24) is 5.32 Å². The van der Waals surface area contributed by atoms with Crippen LogP contribution in [0.5, 0.6) is 0 Å². The Kier molecular flexibility index (Phi) is 4.48. The van der Waals surface area contributed by atoms with E-state index in [9.17, 15) is 9.59 Å². The van der Waals surface area contributed by atoms with Crippen molar-refractivity contribution in [2.45, 2.75) is 13.0 Å². The number of carbonyl (C=O) groups excluding carboxylic acids is 1. The van der Waals surface area contributed by atoms with Gasteiger partial charge in [-0.05, 0) is 24.6 Å².